The molecule has 1 aromatic rings. The third kappa shape index (κ3) is 5.97. The van der Waals surface area contributed by atoms with Gasteiger partial charge in [-0.1, -0.05) is 11.9 Å². The Morgan fingerprint density at radius 3 is 2.55 bits per heavy atom. The Balaban J connectivity index is 0.00000385. The summed E-state index contributed by atoms with van der Waals surface area (Å²) in [5.41, 5.74) is -1.21. The number of ketones is 1. The number of benzene rings is 1. The molecule has 0 N–H and O–H groups in total. The molecule has 6 nitrogen and oxygen atoms in total. The van der Waals surface area contributed by atoms with Crippen molar-refractivity contribution < 1.29 is 61.0 Å². The number of carbonyl (C=O) groups excluding carboxylic acids is 3. The number of halogens is 2. The van der Waals surface area contributed by atoms with Gasteiger partial charge in [-0.2, -0.15) is 6.07 Å². The zero-order valence-corrected chi connectivity index (χ0v) is 23.3. The van der Waals surface area contributed by atoms with E-state index in [0.717, 1.165) is 0 Å². The van der Waals surface area contributed by atoms with E-state index in [-0.39, 0.29) is 74.6 Å². The third-order valence-electron chi connectivity index (χ3n) is 6.18. The first-order valence-electron chi connectivity index (χ1n) is 11.0. The van der Waals surface area contributed by atoms with Crippen LogP contribution >= 0.6 is 11.6 Å². The van der Waals surface area contributed by atoms with E-state index in [1.165, 1.54) is 17.0 Å². The Bertz CT molecular complexity index is 921. The van der Waals surface area contributed by atoms with Crippen LogP contribution in [0.2, 0.25) is 5.02 Å². The van der Waals surface area contributed by atoms with Gasteiger partial charge in [-0.05, 0) is 51.9 Å². The van der Waals surface area contributed by atoms with Crippen LogP contribution in [0.3, 0.4) is 0 Å². The molecule has 0 aromatic heterocycles. The minimum Gasteiger partial charge on any atom is -0.466 e. The first kappa shape index (κ1) is 28.2. The van der Waals surface area contributed by atoms with Crippen LogP contribution in [0, 0.1) is 23.7 Å². The minimum absolute atomic E-state index is 0. The average molecular weight is 556 g/mol. The van der Waals surface area contributed by atoms with Gasteiger partial charge >= 0.3 is 12.1 Å². The number of nitrogens with zero attached hydrogens (tertiary/aromatic N) is 1. The summed E-state index contributed by atoms with van der Waals surface area (Å²) >= 11 is 6.07. The maximum absolute atomic E-state index is 14.7. The van der Waals surface area contributed by atoms with Gasteiger partial charge in [-0.15, -0.1) is 29.3 Å². The van der Waals surface area contributed by atoms with Crippen molar-refractivity contribution in [3.63, 3.8) is 0 Å². The van der Waals surface area contributed by atoms with Crippen molar-refractivity contribution in [3.05, 3.63) is 34.6 Å². The van der Waals surface area contributed by atoms with Crippen LogP contribution in [-0.2, 0) is 57.2 Å². The predicted molar refractivity (Wildman–Crippen MR) is 117 cm³/mol. The summed E-state index contributed by atoms with van der Waals surface area (Å²) in [6.07, 6.45) is 0.297. The molecule has 1 radical (unpaired) electrons. The average Bonchev–Trinajstić information content (AvgIpc) is 3.31. The van der Waals surface area contributed by atoms with E-state index in [4.69, 9.17) is 21.1 Å². The summed E-state index contributed by atoms with van der Waals surface area (Å²) in [5, 5.41) is 0.272. The van der Waals surface area contributed by atoms with Crippen molar-refractivity contribution in [2.24, 2.45) is 11.8 Å². The zero-order chi connectivity index (χ0) is 23.8. The van der Waals surface area contributed by atoms with Gasteiger partial charge in [0, 0.05) is 51.5 Å². The van der Waals surface area contributed by atoms with Crippen LogP contribution in [0.5, 0.6) is 0 Å². The third-order valence-corrected chi connectivity index (χ3v) is 6.40. The Morgan fingerprint density at radius 2 is 1.97 bits per heavy atom. The second-order valence-electron chi connectivity index (χ2n) is 9.58. The number of esters is 1. The van der Waals surface area contributed by atoms with Gasteiger partial charge < -0.3 is 9.47 Å². The Labute approximate surface area is 224 Å². The Hall–Kier alpha value is -1.05. The first-order chi connectivity index (χ1) is 14.9. The van der Waals surface area contributed by atoms with Crippen molar-refractivity contribution in [2.75, 3.05) is 13.2 Å². The van der Waals surface area contributed by atoms with E-state index in [0.29, 0.717) is 12.8 Å². The van der Waals surface area contributed by atoms with Gasteiger partial charge in [0.05, 0.1) is 18.6 Å². The molecule has 4 atom stereocenters. The molecule has 0 bridgehead atoms. The normalized spacial score (nSPS) is 24.4. The van der Waals surface area contributed by atoms with Crippen molar-refractivity contribution >= 4 is 29.4 Å². The van der Waals surface area contributed by atoms with E-state index >= 15 is 0 Å². The Kier molecular flexibility index (Phi) is 9.14. The van der Waals surface area contributed by atoms with E-state index in [9.17, 15) is 18.8 Å². The molecule has 179 valence electrons. The van der Waals surface area contributed by atoms with E-state index in [1.54, 1.807) is 27.7 Å². The number of fused-ring (bicyclic) bond motifs is 1. The number of hydrogen-bond donors (Lipinski definition) is 0. The number of piperidine rings is 1. The summed E-state index contributed by atoms with van der Waals surface area (Å²) in [6, 6.07) is 4.77. The number of likely N-dealkylation sites (tertiary alicyclic amines) is 1. The molecule has 2 unspecified atom stereocenters. The van der Waals surface area contributed by atoms with Gasteiger partial charge in [0.25, 0.3) is 0 Å². The van der Waals surface area contributed by atoms with Crippen molar-refractivity contribution in [3.8, 4) is 0 Å². The molecule has 0 spiro atoms. The smallest absolute Gasteiger partial charge is 0.410 e. The van der Waals surface area contributed by atoms with Gasteiger partial charge in [-0.25, -0.2) is 4.79 Å². The van der Waals surface area contributed by atoms with E-state index < -0.39 is 40.9 Å². The molecule has 2 fully saturated rings. The number of Topliss-reactive ketones (excluding diaryl/α,β-unsaturated/α-hetero) is 1. The summed E-state index contributed by atoms with van der Waals surface area (Å²) in [7, 11) is 0. The molecule has 1 aliphatic carbocycles. The summed E-state index contributed by atoms with van der Waals surface area (Å²) < 4.78 is 25.3. The van der Waals surface area contributed by atoms with E-state index in [1.807, 2.05) is 6.92 Å². The van der Waals surface area contributed by atoms with Gasteiger partial charge in [0.15, 0.2) is 5.78 Å². The van der Waals surface area contributed by atoms with Crippen LogP contribution in [-0.4, -0.2) is 47.5 Å². The fraction of sp³-hybridized carbons (Fsp3) is 0.625. The first-order valence-corrected chi connectivity index (χ1v) is 11.4. The fourth-order valence-corrected chi connectivity index (χ4v) is 4.80. The largest absolute Gasteiger partial charge is 0.466 e. The van der Waals surface area contributed by atoms with Crippen LogP contribution in [0.25, 0.3) is 0 Å². The second kappa shape index (κ2) is 10.7. The van der Waals surface area contributed by atoms with Crippen molar-refractivity contribution in [2.45, 2.75) is 70.9 Å². The maximum Gasteiger partial charge on any atom is 0.410 e. The molecule has 1 aliphatic heterocycles. The van der Waals surface area contributed by atoms with E-state index in [2.05, 4.69) is 6.07 Å². The number of amides is 1. The molecule has 9 heteroatoms. The number of hydrogen-bond acceptors (Lipinski definition) is 5. The zero-order valence-electron chi connectivity index (χ0n) is 19.7. The van der Waals surface area contributed by atoms with Gasteiger partial charge in [0.1, 0.15) is 5.60 Å². The molecule has 1 saturated carbocycles. The monoisotopic (exact) mass is 555 g/mol. The van der Waals surface area contributed by atoms with Crippen LogP contribution in [0.15, 0.2) is 12.1 Å². The van der Waals surface area contributed by atoms with Crippen molar-refractivity contribution in [1.82, 2.24) is 4.90 Å². The summed E-state index contributed by atoms with van der Waals surface area (Å²) in [4.78, 5) is 40.0. The minimum atomic E-state index is -0.805. The SMILES string of the molecule is CCOC(=O)C(CC)CC(=O)C1[C@@H]2C[C@]2(c2[c-]c(Cl)ccc2F)CN1C(=O)OC(C)(C)C.[Y]. The number of rotatable bonds is 7. The molecule has 1 amide bonds. The molecule has 2 aliphatic rings. The van der Waals surface area contributed by atoms with Crippen LogP contribution in [0.4, 0.5) is 9.18 Å². The van der Waals surface area contributed by atoms with Gasteiger partial charge in [0.2, 0.25) is 0 Å². The van der Waals surface area contributed by atoms with Crippen LogP contribution < -0.4 is 0 Å². The Morgan fingerprint density at radius 1 is 1.30 bits per heavy atom. The molecular weight excluding hydrogens is 526 g/mol. The summed E-state index contributed by atoms with van der Waals surface area (Å²) in [6.45, 7) is 9.11. The molecule has 3 rings (SSSR count). The fourth-order valence-electron chi connectivity index (χ4n) is 4.64. The maximum atomic E-state index is 14.7. The van der Waals surface area contributed by atoms with Crippen LogP contribution in [0.1, 0.15) is 59.4 Å². The molecule has 33 heavy (non-hydrogen) atoms. The van der Waals surface area contributed by atoms with Crippen molar-refractivity contribution in [1.29, 1.82) is 0 Å². The van der Waals surface area contributed by atoms with Gasteiger partial charge in [-0.3, -0.25) is 18.9 Å². The predicted octanol–water partition coefficient (Wildman–Crippen LogP) is 4.70. The molecular formula is C24H30ClFNO5Y-. The topological polar surface area (TPSA) is 72.9 Å². The molecule has 1 saturated heterocycles. The standard InChI is InChI=1S/C24H30ClFNO5.Y/c1-6-14(21(29)31-7-2)10-19(28)20-17-12-24(17,16-11-15(25)8-9-18(16)26)13-27(20)22(30)32-23(3,4)5;/h8-9,14,17,20H,6-7,10,12-13H2,1-5H3;/q-1;/t14?,17-,20?,24+;/m0./s1. The molecule has 1 aromatic carbocycles. The second-order valence-corrected chi connectivity index (χ2v) is 9.98. The quantitative estimate of drug-likeness (QED) is 0.360. The molecule has 1 heterocycles. The number of ether oxygens (including phenoxy) is 2. The number of carbonyl (C=O) groups is 3. The summed E-state index contributed by atoms with van der Waals surface area (Å²) in [5.74, 6) is -2.02.